The summed E-state index contributed by atoms with van der Waals surface area (Å²) in [6.07, 6.45) is 6.11. The highest BCUT2D eigenvalue weighted by Crippen LogP contribution is 2.22. The summed E-state index contributed by atoms with van der Waals surface area (Å²) in [6.45, 7) is 0. The first-order chi connectivity index (χ1) is 4.30. The fourth-order valence-electron chi connectivity index (χ4n) is 0.496. The lowest BCUT2D eigenvalue weighted by atomic mass is 10.4. The van der Waals surface area contributed by atoms with Gasteiger partial charge in [0, 0.05) is 6.08 Å². The molecule has 0 saturated carbocycles. The van der Waals surface area contributed by atoms with Crippen molar-refractivity contribution in [2.75, 3.05) is 0 Å². The Morgan fingerprint density at radius 1 is 1.56 bits per heavy atom. The first-order valence-electron chi connectivity index (χ1n) is 2.43. The molecular formula is C5H5O3P. The van der Waals surface area contributed by atoms with Crippen molar-refractivity contribution in [3.05, 3.63) is 24.5 Å². The van der Waals surface area contributed by atoms with Crippen LogP contribution in [0.4, 0.5) is 0 Å². The van der Waals surface area contributed by atoms with Gasteiger partial charge < -0.3 is 9.63 Å². The van der Waals surface area contributed by atoms with Crippen LogP contribution in [0, 0.1) is 0 Å². The zero-order valence-electron chi connectivity index (χ0n) is 4.56. The van der Waals surface area contributed by atoms with Gasteiger partial charge in [0.1, 0.15) is 0 Å². The molecule has 0 fully saturated rings. The first kappa shape index (κ1) is 6.46. The summed E-state index contributed by atoms with van der Waals surface area (Å²) in [6, 6.07) is 0. The molecule has 0 aromatic rings. The second-order valence-electron chi connectivity index (χ2n) is 1.53. The van der Waals surface area contributed by atoms with Crippen LogP contribution in [0.15, 0.2) is 24.5 Å². The van der Waals surface area contributed by atoms with Crippen molar-refractivity contribution in [1.82, 2.24) is 0 Å². The second kappa shape index (κ2) is 2.76. The van der Waals surface area contributed by atoms with E-state index in [2.05, 4.69) is 4.74 Å². The molecule has 0 aromatic carbocycles. The summed E-state index contributed by atoms with van der Waals surface area (Å²) in [5.74, 6) is -0.759. The van der Waals surface area contributed by atoms with E-state index in [0.717, 1.165) is 0 Å². The third-order valence-electron chi connectivity index (χ3n) is 0.891. The normalized spacial score (nSPS) is 25.4. The molecule has 0 amide bonds. The van der Waals surface area contributed by atoms with Gasteiger partial charge in [-0.05, 0) is 6.08 Å². The van der Waals surface area contributed by atoms with Crippen LogP contribution in [0.3, 0.4) is 0 Å². The van der Waals surface area contributed by atoms with Crippen molar-refractivity contribution in [3.8, 4) is 0 Å². The number of ether oxygens (including phenoxy) is 1. The quantitative estimate of drug-likeness (QED) is 0.504. The van der Waals surface area contributed by atoms with Gasteiger partial charge in [-0.1, -0.05) is 10.6 Å². The average molecular weight is 144 g/mol. The molecule has 9 heavy (non-hydrogen) atoms. The summed E-state index contributed by atoms with van der Waals surface area (Å²) in [4.78, 5) is 10.2. The summed E-state index contributed by atoms with van der Waals surface area (Å²) in [5, 5.41) is 0. The van der Waals surface area contributed by atoms with Crippen molar-refractivity contribution in [3.63, 3.8) is 0 Å². The Kier molecular flexibility index (Phi) is 1.98. The molecule has 48 valence electrons. The Labute approximate surface area is 53.5 Å². The van der Waals surface area contributed by atoms with Crippen molar-refractivity contribution >= 4 is 8.03 Å². The van der Waals surface area contributed by atoms with E-state index in [-0.39, 0.29) is 0 Å². The third-order valence-corrected chi connectivity index (χ3v) is 1.60. The molecule has 2 unspecified atom stereocenters. The van der Waals surface area contributed by atoms with Crippen molar-refractivity contribution < 1.29 is 14.2 Å². The molecule has 4 heteroatoms. The van der Waals surface area contributed by atoms with Crippen molar-refractivity contribution in [2.24, 2.45) is 0 Å². The van der Waals surface area contributed by atoms with Crippen LogP contribution in [-0.4, -0.2) is 5.85 Å². The molecule has 1 aliphatic rings. The maximum absolute atomic E-state index is 10.2. The molecule has 0 spiro atoms. The van der Waals surface area contributed by atoms with Crippen LogP contribution in [0.1, 0.15) is 0 Å². The maximum Gasteiger partial charge on any atom is 0.358 e. The van der Waals surface area contributed by atoms with E-state index in [1.165, 1.54) is 12.3 Å². The van der Waals surface area contributed by atoms with Gasteiger partial charge >= 0.3 is 13.9 Å². The first-order valence-corrected chi connectivity index (χ1v) is 3.67. The van der Waals surface area contributed by atoms with Crippen LogP contribution in [0.2, 0.25) is 0 Å². The maximum atomic E-state index is 10.2. The lowest BCUT2D eigenvalue weighted by Crippen LogP contribution is -2.08. The lowest BCUT2D eigenvalue weighted by Gasteiger charge is -2.04. The van der Waals surface area contributed by atoms with Gasteiger partial charge in [-0.3, -0.25) is 0 Å². The summed E-state index contributed by atoms with van der Waals surface area (Å²) in [5.41, 5.74) is 0. The Hall–Kier alpha value is -0.660. The summed E-state index contributed by atoms with van der Waals surface area (Å²) >= 11 is 0. The van der Waals surface area contributed by atoms with Gasteiger partial charge in [0.15, 0.2) is 0 Å². The van der Waals surface area contributed by atoms with Crippen LogP contribution < -0.4 is 4.89 Å². The minimum absolute atomic E-state index is 0.759. The lowest BCUT2D eigenvalue weighted by molar-refractivity contribution is -0.170. The van der Waals surface area contributed by atoms with E-state index < -0.39 is 13.9 Å². The largest absolute Gasteiger partial charge is 0.592 e. The van der Waals surface area contributed by atoms with E-state index in [4.69, 9.17) is 0 Å². The predicted molar refractivity (Wildman–Crippen MR) is 30.8 cm³/mol. The van der Waals surface area contributed by atoms with E-state index >= 15 is 0 Å². The molecular weight excluding hydrogens is 139 g/mol. The Balaban J connectivity index is 2.56. The molecule has 2 atom stereocenters. The van der Waals surface area contributed by atoms with Crippen LogP contribution in [0.5, 0.6) is 0 Å². The van der Waals surface area contributed by atoms with E-state index in [0.29, 0.717) is 0 Å². The van der Waals surface area contributed by atoms with E-state index in [9.17, 15) is 9.46 Å². The highest BCUT2D eigenvalue weighted by atomic mass is 31.1. The van der Waals surface area contributed by atoms with E-state index in [1.54, 1.807) is 12.2 Å². The van der Waals surface area contributed by atoms with Crippen molar-refractivity contribution in [2.45, 2.75) is 5.85 Å². The van der Waals surface area contributed by atoms with Gasteiger partial charge in [0.05, 0.1) is 6.26 Å². The zero-order valence-corrected chi connectivity index (χ0v) is 5.45. The SMILES string of the molecule is O=[P+]([O-])C1C=CC=CO1. The molecule has 0 aromatic heterocycles. The van der Waals surface area contributed by atoms with Crippen LogP contribution in [-0.2, 0) is 9.30 Å². The molecule has 0 saturated heterocycles. The Morgan fingerprint density at radius 2 is 2.33 bits per heavy atom. The Bertz CT molecular complexity index is 173. The second-order valence-corrected chi connectivity index (χ2v) is 2.61. The highest BCUT2D eigenvalue weighted by Gasteiger charge is 2.18. The van der Waals surface area contributed by atoms with Gasteiger partial charge in [0.25, 0.3) is 0 Å². The standard InChI is InChI=1S/C5H5O3P/c6-9(7)5-3-1-2-4-8-5/h1-5H. The molecule has 0 bridgehead atoms. The molecule has 1 aliphatic heterocycles. The van der Waals surface area contributed by atoms with Gasteiger partial charge in [-0.25, -0.2) is 0 Å². The zero-order chi connectivity index (χ0) is 6.69. The average Bonchev–Trinajstić information content (AvgIpc) is 1.90. The molecule has 0 aliphatic carbocycles. The molecule has 1 rings (SSSR count). The van der Waals surface area contributed by atoms with Crippen LogP contribution >= 0.6 is 8.03 Å². The minimum atomic E-state index is -2.48. The number of hydrogen-bond donors (Lipinski definition) is 0. The van der Waals surface area contributed by atoms with Crippen molar-refractivity contribution in [1.29, 1.82) is 0 Å². The minimum Gasteiger partial charge on any atom is -0.592 e. The molecule has 3 nitrogen and oxygen atoms in total. The molecule has 1 heterocycles. The molecule has 0 N–H and O–H groups in total. The van der Waals surface area contributed by atoms with Gasteiger partial charge in [-0.2, -0.15) is 0 Å². The van der Waals surface area contributed by atoms with Gasteiger partial charge in [0.2, 0.25) is 0 Å². The third kappa shape index (κ3) is 1.63. The van der Waals surface area contributed by atoms with Gasteiger partial charge in [-0.15, -0.1) is 0 Å². The predicted octanol–water partition coefficient (Wildman–Crippen LogP) is 0.515. The highest BCUT2D eigenvalue weighted by molar-refractivity contribution is 7.37. The number of rotatable bonds is 1. The Morgan fingerprint density at radius 3 is 2.67 bits per heavy atom. The monoisotopic (exact) mass is 144 g/mol. The topological polar surface area (TPSA) is 49.4 Å². The van der Waals surface area contributed by atoms with Crippen LogP contribution in [0.25, 0.3) is 0 Å². The van der Waals surface area contributed by atoms with E-state index in [1.807, 2.05) is 0 Å². The number of hydrogen-bond acceptors (Lipinski definition) is 3. The smallest absolute Gasteiger partial charge is 0.358 e. The number of allylic oxidation sites excluding steroid dienone is 2. The summed E-state index contributed by atoms with van der Waals surface area (Å²) in [7, 11) is -2.48. The summed E-state index contributed by atoms with van der Waals surface area (Å²) < 4.78 is 14.9. The fraction of sp³-hybridized carbons (Fsp3) is 0.200. The molecule has 0 radical (unpaired) electrons. The fourth-order valence-corrected chi connectivity index (χ4v) is 0.905.